The van der Waals surface area contributed by atoms with E-state index < -0.39 is 12.6 Å². The molecule has 1 aromatic heterocycles. The molecule has 6 heteroatoms. The van der Waals surface area contributed by atoms with Gasteiger partial charge in [0.15, 0.2) is 6.61 Å². The zero-order valence-corrected chi connectivity index (χ0v) is 12.3. The molecule has 6 nitrogen and oxygen atoms in total. The molecule has 1 amide bonds. The first-order chi connectivity index (χ1) is 10.5. The number of benzene rings is 1. The van der Waals surface area contributed by atoms with Crippen molar-refractivity contribution in [1.82, 2.24) is 0 Å². The lowest BCUT2D eigenvalue weighted by Gasteiger charge is -2.09. The maximum atomic E-state index is 12.3. The Kier molecular flexibility index (Phi) is 4.83. The summed E-state index contributed by atoms with van der Waals surface area (Å²) in [6.07, 6.45) is 1.48. The number of hydrogen-bond acceptors (Lipinski definition) is 4. The van der Waals surface area contributed by atoms with Gasteiger partial charge in [-0.2, -0.15) is 0 Å². The van der Waals surface area contributed by atoms with E-state index >= 15 is 0 Å². The van der Waals surface area contributed by atoms with Gasteiger partial charge in [0.2, 0.25) is 0 Å². The summed E-state index contributed by atoms with van der Waals surface area (Å²) >= 11 is 0. The Morgan fingerprint density at radius 1 is 1.32 bits per heavy atom. The molecule has 2 N–H and O–H groups in total. The summed E-state index contributed by atoms with van der Waals surface area (Å²) in [5, 5.41) is 11.3. The molecule has 22 heavy (non-hydrogen) atoms. The van der Waals surface area contributed by atoms with Crippen molar-refractivity contribution in [2.75, 3.05) is 11.9 Å². The van der Waals surface area contributed by atoms with Gasteiger partial charge in [0, 0.05) is 17.7 Å². The molecular weight excluding hydrogens is 286 g/mol. The Labute approximate surface area is 127 Å². The monoisotopic (exact) mass is 303 g/mol. The molecule has 2 aromatic rings. The van der Waals surface area contributed by atoms with E-state index in [1.165, 1.54) is 6.26 Å². The summed E-state index contributed by atoms with van der Waals surface area (Å²) in [6.45, 7) is 3.45. The predicted octanol–water partition coefficient (Wildman–Crippen LogP) is 3.12. The molecule has 0 aliphatic carbocycles. The molecule has 116 valence electrons. The van der Waals surface area contributed by atoms with Gasteiger partial charge in [-0.3, -0.25) is 4.79 Å². The van der Waals surface area contributed by atoms with E-state index in [0.29, 0.717) is 22.8 Å². The highest BCUT2D eigenvalue weighted by atomic mass is 16.5. The number of carbonyl (C=O) groups is 2. The Balaban J connectivity index is 2.10. The van der Waals surface area contributed by atoms with Crippen molar-refractivity contribution >= 4 is 17.6 Å². The average molecular weight is 303 g/mol. The van der Waals surface area contributed by atoms with Gasteiger partial charge in [-0.15, -0.1) is 0 Å². The van der Waals surface area contributed by atoms with Crippen LogP contribution in [0.4, 0.5) is 5.69 Å². The quantitative estimate of drug-likeness (QED) is 0.856. The third-order valence-corrected chi connectivity index (χ3v) is 2.92. The molecule has 2 rings (SSSR count). The summed E-state index contributed by atoms with van der Waals surface area (Å²) in [5.41, 5.74) is 0.996. The maximum absolute atomic E-state index is 12.3. The molecule has 0 atom stereocenters. The van der Waals surface area contributed by atoms with E-state index in [1.807, 2.05) is 13.8 Å². The van der Waals surface area contributed by atoms with Gasteiger partial charge in [-0.25, -0.2) is 4.79 Å². The van der Waals surface area contributed by atoms with Gasteiger partial charge in [0.05, 0.1) is 11.8 Å². The summed E-state index contributed by atoms with van der Waals surface area (Å²) < 4.78 is 10.4. The zero-order valence-electron chi connectivity index (χ0n) is 12.3. The van der Waals surface area contributed by atoms with Gasteiger partial charge in [-0.05, 0) is 18.2 Å². The summed E-state index contributed by atoms with van der Waals surface area (Å²) in [6, 6.07) is 8.17. The Morgan fingerprint density at radius 3 is 2.77 bits per heavy atom. The molecule has 0 fully saturated rings. The Bertz CT molecular complexity index is 675. The number of carboxylic acids is 1. The second-order valence-electron chi connectivity index (χ2n) is 5.02. The van der Waals surface area contributed by atoms with Gasteiger partial charge >= 0.3 is 5.97 Å². The van der Waals surface area contributed by atoms with Crippen LogP contribution in [0.1, 0.15) is 35.9 Å². The lowest BCUT2D eigenvalue weighted by Crippen LogP contribution is -2.14. The van der Waals surface area contributed by atoms with Crippen LogP contribution in [-0.2, 0) is 4.79 Å². The number of carboxylic acid groups (broad SMARTS) is 1. The van der Waals surface area contributed by atoms with E-state index in [2.05, 4.69) is 5.32 Å². The zero-order chi connectivity index (χ0) is 16.1. The van der Waals surface area contributed by atoms with E-state index in [0.717, 1.165) is 0 Å². The van der Waals surface area contributed by atoms with Gasteiger partial charge in [-0.1, -0.05) is 19.9 Å². The Morgan fingerprint density at radius 2 is 2.09 bits per heavy atom. The smallest absolute Gasteiger partial charge is 0.341 e. The van der Waals surface area contributed by atoms with E-state index in [1.54, 1.807) is 30.3 Å². The fraction of sp³-hybridized carbons (Fsp3) is 0.250. The summed E-state index contributed by atoms with van der Waals surface area (Å²) in [4.78, 5) is 22.8. The number of anilines is 1. The molecule has 0 aliphatic rings. The van der Waals surface area contributed by atoms with Crippen LogP contribution in [-0.4, -0.2) is 23.6 Å². The third-order valence-electron chi connectivity index (χ3n) is 2.92. The molecule has 0 bridgehead atoms. The molecule has 1 heterocycles. The van der Waals surface area contributed by atoms with Crippen LogP contribution in [0.15, 0.2) is 41.0 Å². The number of hydrogen-bond donors (Lipinski definition) is 2. The predicted molar refractivity (Wildman–Crippen MR) is 80.3 cm³/mol. The molecule has 1 aromatic carbocycles. The minimum atomic E-state index is -1.06. The first-order valence-electron chi connectivity index (χ1n) is 6.80. The number of ether oxygens (including phenoxy) is 1. The second-order valence-corrected chi connectivity index (χ2v) is 5.02. The van der Waals surface area contributed by atoms with Crippen LogP contribution in [0.5, 0.6) is 5.75 Å². The number of furan rings is 1. The minimum Gasteiger partial charge on any atom is -0.482 e. The third kappa shape index (κ3) is 3.88. The van der Waals surface area contributed by atoms with Crippen molar-refractivity contribution in [1.29, 1.82) is 0 Å². The highest BCUT2D eigenvalue weighted by molar-refractivity contribution is 6.05. The number of carbonyl (C=O) groups excluding carboxylic acids is 1. The van der Waals surface area contributed by atoms with Crippen LogP contribution < -0.4 is 10.1 Å². The fourth-order valence-corrected chi connectivity index (χ4v) is 1.96. The van der Waals surface area contributed by atoms with E-state index in [4.69, 9.17) is 14.3 Å². The van der Waals surface area contributed by atoms with Crippen molar-refractivity contribution < 1.29 is 23.8 Å². The fourth-order valence-electron chi connectivity index (χ4n) is 1.96. The number of rotatable bonds is 6. The lowest BCUT2D eigenvalue weighted by molar-refractivity contribution is -0.139. The molecular formula is C16H17NO5. The van der Waals surface area contributed by atoms with Crippen molar-refractivity contribution in [2.45, 2.75) is 19.8 Å². The van der Waals surface area contributed by atoms with E-state index in [9.17, 15) is 9.59 Å². The maximum Gasteiger partial charge on any atom is 0.341 e. The average Bonchev–Trinajstić information content (AvgIpc) is 2.95. The second kappa shape index (κ2) is 6.80. The van der Waals surface area contributed by atoms with E-state index in [-0.39, 0.29) is 11.8 Å². The number of amides is 1. The number of aliphatic carboxylic acids is 1. The summed E-state index contributed by atoms with van der Waals surface area (Å²) in [5.74, 6) is -0.254. The van der Waals surface area contributed by atoms with Crippen LogP contribution in [0.25, 0.3) is 0 Å². The van der Waals surface area contributed by atoms with Crippen LogP contribution in [0.2, 0.25) is 0 Å². The molecule has 0 unspecified atom stereocenters. The standard InChI is InChI=1S/C16H17NO5/c1-10(2)15-13(6-7-21-15)16(20)17-11-4-3-5-12(8-11)22-9-14(18)19/h3-8,10H,9H2,1-2H3,(H,17,20)(H,18,19). The van der Waals surface area contributed by atoms with Crippen molar-refractivity contribution in [3.63, 3.8) is 0 Å². The Hall–Kier alpha value is -2.76. The SMILES string of the molecule is CC(C)c1occc1C(=O)Nc1cccc(OCC(=O)O)c1. The first-order valence-corrected chi connectivity index (χ1v) is 6.80. The molecule has 0 radical (unpaired) electrons. The lowest BCUT2D eigenvalue weighted by atomic mass is 10.1. The molecule has 0 saturated heterocycles. The highest BCUT2D eigenvalue weighted by Crippen LogP contribution is 2.23. The van der Waals surface area contributed by atoms with Gasteiger partial charge in [0.1, 0.15) is 11.5 Å². The molecule has 0 aliphatic heterocycles. The molecule has 0 spiro atoms. The summed E-state index contributed by atoms with van der Waals surface area (Å²) in [7, 11) is 0. The topological polar surface area (TPSA) is 88.8 Å². The van der Waals surface area contributed by atoms with Crippen LogP contribution in [0.3, 0.4) is 0 Å². The molecule has 0 saturated carbocycles. The minimum absolute atomic E-state index is 0.0981. The number of nitrogens with one attached hydrogen (secondary N) is 1. The van der Waals surface area contributed by atoms with Crippen LogP contribution >= 0.6 is 0 Å². The van der Waals surface area contributed by atoms with Crippen molar-refractivity contribution in [3.8, 4) is 5.75 Å². The first kappa shape index (κ1) is 15.6. The van der Waals surface area contributed by atoms with Crippen molar-refractivity contribution in [3.05, 3.63) is 47.9 Å². The van der Waals surface area contributed by atoms with Crippen molar-refractivity contribution in [2.24, 2.45) is 0 Å². The van der Waals surface area contributed by atoms with Gasteiger partial charge in [0.25, 0.3) is 5.91 Å². The highest BCUT2D eigenvalue weighted by Gasteiger charge is 2.17. The van der Waals surface area contributed by atoms with Crippen LogP contribution in [0, 0.1) is 0 Å². The van der Waals surface area contributed by atoms with Gasteiger partial charge < -0.3 is 19.6 Å². The normalized spacial score (nSPS) is 10.5. The largest absolute Gasteiger partial charge is 0.482 e.